The van der Waals surface area contributed by atoms with Gasteiger partial charge >= 0.3 is 6.09 Å². The van der Waals surface area contributed by atoms with E-state index in [0.29, 0.717) is 11.3 Å². The van der Waals surface area contributed by atoms with Crippen LogP contribution >= 0.6 is 11.3 Å². The van der Waals surface area contributed by atoms with Gasteiger partial charge in [0.05, 0.1) is 16.3 Å². The van der Waals surface area contributed by atoms with Crippen LogP contribution in [0, 0.1) is 0 Å². The predicted octanol–water partition coefficient (Wildman–Crippen LogP) is 5.48. The summed E-state index contributed by atoms with van der Waals surface area (Å²) in [7, 11) is 1.76. The van der Waals surface area contributed by atoms with E-state index in [9.17, 15) is 9.59 Å². The molecule has 0 fully saturated rings. The Hall–Kier alpha value is -2.93. The summed E-state index contributed by atoms with van der Waals surface area (Å²) in [5.41, 5.74) is 1.33. The highest BCUT2D eigenvalue weighted by atomic mass is 32.1. The van der Waals surface area contributed by atoms with Gasteiger partial charge in [-0.3, -0.25) is 10.1 Å². The van der Waals surface area contributed by atoms with Gasteiger partial charge in [-0.05, 0) is 58.0 Å². The highest BCUT2D eigenvalue weighted by molar-refractivity contribution is 7.18. The standard InChI is InChI=1S/C22H25N3O3S/c1-14(19-24-17-11-6-7-12-18(17)29-19)25(5)20(26)15-9-8-10-16(13-15)23-21(27)28-22(2,3)4/h6-14H,1-5H3,(H,23,27)/t14-/m0/s1. The predicted molar refractivity (Wildman–Crippen MR) is 116 cm³/mol. The normalized spacial score (nSPS) is 12.4. The highest BCUT2D eigenvalue weighted by Crippen LogP contribution is 2.29. The maximum Gasteiger partial charge on any atom is 0.412 e. The second kappa shape index (κ2) is 8.21. The average Bonchev–Trinajstić information content (AvgIpc) is 3.09. The summed E-state index contributed by atoms with van der Waals surface area (Å²) in [6.45, 7) is 7.35. The molecule has 0 saturated heterocycles. The SMILES string of the molecule is C[C@@H](c1nc2ccccc2s1)N(C)C(=O)c1cccc(NC(=O)OC(C)(C)C)c1. The Balaban J connectivity index is 1.74. The zero-order chi connectivity index (χ0) is 21.2. The fraction of sp³-hybridized carbons (Fsp3) is 0.318. The molecule has 0 unspecified atom stereocenters. The molecule has 2 aromatic carbocycles. The van der Waals surface area contributed by atoms with Crippen molar-refractivity contribution < 1.29 is 14.3 Å². The lowest BCUT2D eigenvalue weighted by Gasteiger charge is -2.23. The number of ether oxygens (including phenoxy) is 1. The Morgan fingerprint density at radius 3 is 2.55 bits per heavy atom. The van der Waals surface area contributed by atoms with Crippen molar-refractivity contribution in [3.8, 4) is 0 Å². The minimum absolute atomic E-state index is 0.149. The van der Waals surface area contributed by atoms with Crippen molar-refractivity contribution in [3.05, 3.63) is 59.1 Å². The number of fused-ring (bicyclic) bond motifs is 1. The molecule has 1 aromatic heterocycles. The van der Waals surface area contributed by atoms with E-state index in [1.54, 1.807) is 68.3 Å². The molecule has 1 heterocycles. The van der Waals surface area contributed by atoms with Gasteiger partial charge in [0.25, 0.3) is 5.91 Å². The zero-order valence-electron chi connectivity index (χ0n) is 17.2. The number of carbonyl (C=O) groups is 2. The first kappa shape index (κ1) is 20.8. The summed E-state index contributed by atoms with van der Waals surface area (Å²) in [5.74, 6) is -0.149. The van der Waals surface area contributed by atoms with Gasteiger partial charge in [-0.1, -0.05) is 18.2 Å². The van der Waals surface area contributed by atoms with Crippen LogP contribution in [0.5, 0.6) is 0 Å². The summed E-state index contributed by atoms with van der Waals surface area (Å²) in [6, 6.07) is 14.6. The van der Waals surface area contributed by atoms with Gasteiger partial charge in [0.2, 0.25) is 0 Å². The average molecular weight is 412 g/mol. The van der Waals surface area contributed by atoms with E-state index >= 15 is 0 Å². The van der Waals surface area contributed by atoms with Crippen LogP contribution < -0.4 is 5.32 Å². The highest BCUT2D eigenvalue weighted by Gasteiger charge is 2.22. The van der Waals surface area contributed by atoms with E-state index in [1.165, 1.54) is 0 Å². The van der Waals surface area contributed by atoms with E-state index in [1.807, 2.05) is 31.2 Å². The molecule has 0 bridgehead atoms. The van der Waals surface area contributed by atoms with Crippen LogP contribution in [-0.2, 0) is 4.74 Å². The van der Waals surface area contributed by atoms with E-state index in [0.717, 1.165) is 15.2 Å². The molecule has 0 spiro atoms. The van der Waals surface area contributed by atoms with Crippen LogP contribution in [0.1, 0.15) is 49.1 Å². The number of hydrogen-bond donors (Lipinski definition) is 1. The van der Waals surface area contributed by atoms with Crippen LogP contribution in [-0.4, -0.2) is 34.5 Å². The molecule has 7 heteroatoms. The van der Waals surface area contributed by atoms with Crippen LogP contribution in [0.15, 0.2) is 48.5 Å². The molecule has 0 aliphatic carbocycles. The molecule has 0 saturated carbocycles. The Labute approximate surface area is 174 Å². The Bertz CT molecular complexity index is 1010. The number of thiazole rings is 1. The molecular formula is C22H25N3O3S. The smallest absolute Gasteiger partial charge is 0.412 e. The van der Waals surface area contributed by atoms with Crippen molar-refractivity contribution in [2.45, 2.75) is 39.3 Å². The summed E-state index contributed by atoms with van der Waals surface area (Å²) in [4.78, 5) is 31.3. The maximum atomic E-state index is 13.0. The number of carbonyl (C=O) groups excluding carboxylic acids is 2. The molecule has 0 radical (unpaired) electrons. The molecule has 0 aliphatic rings. The number of nitrogens with one attached hydrogen (secondary N) is 1. The topological polar surface area (TPSA) is 71.5 Å². The van der Waals surface area contributed by atoms with Gasteiger partial charge in [-0.25, -0.2) is 9.78 Å². The van der Waals surface area contributed by atoms with Crippen LogP contribution in [0.25, 0.3) is 10.2 Å². The van der Waals surface area contributed by atoms with Gasteiger partial charge in [-0.2, -0.15) is 0 Å². The number of anilines is 1. The van der Waals surface area contributed by atoms with Crippen LogP contribution in [0.2, 0.25) is 0 Å². The summed E-state index contributed by atoms with van der Waals surface area (Å²) in [5, 5.41) is 3.55. The molecule has 152 valence electrons. The zero-order valence-corrected chi connectivity index (χ0v) is 18.0. The monoisotopic (exact) mass is 411 g/mol. The minimum atomic E-state index is -0.593. The molecule has 0 aliphatic heterocycles. The molecule has 1 N–H and O–H groups in total. The first-order valence-corrected chi connectivity index (χ1v) is 10.2. The maximum absolute atomic E-state index is 13.0. The third kappa shape index (κ3) is 5.12. The van der Waals surface area contributed by atoms with Crippen LogP contribution in [0.3, 0.4) is 0 Å². The van der Waals surface area contributed by atoms with E-state index in [2.05, 4.69) is 10.3 Å². The molecule has 2 amide bonds. The second-order valence-corrected chi connectivity index (χ2v) is 8.88. The number of benzene rings is 2. The lowest BCUT2D eigenvalue weighted by molar-refractivity contribution is 0.0634. The second-order valence-electron chi connectivity index (χ2n) is 7.82. The Morgan fingerprint density at radius 2 is 1.86 bits per heavy atom. The number of aromatic nitrogens is 1. The van der Waals surface area contributed by atoms with Crippen molar-refractivity contribution >= 4 is 39.2 Å². The quantitative estimate of drug-likeness (QED) is 0.617. The molecule has 3 aromatic rings. The van der Waals surface area contributed by atoms with Gasteiger partial charge in [0.15, 0.2) is 0 Å². The first-order valence-electron chi connectivity index (χ1n) is 9.37. The summed E-state index contributed by atoms with van der Waals surface area (Å²) < 4.78 is 6.36. The van der Waals surface area contributed by atoms with Gasteiger partial charge < -0.3 is 9.64 Å². The largest absolute Gasteiger partial charge is 0.444 e. The minimum Gasteiger partial charge on any atom is -0.444 e. The van der Waals surface area contributed by atoms with Crippen LogP contribution in [0.4, 0.5) is 10.5 Å². The van der Waals surface area contributed by atoms with Crippen molar-refractivity contribution in [1.82, 2.24) is 9.88 Å². The van der Waals surface area contributed by atoms with Gasteiger partial charge in [0.1, 0.15) is 10.6 Å². The summed E-state index contributed by atoms with van der Waals surface area (Å²) >= 11 is 1.58. The van der Waals surface area contributed by atoms with Gasteiger partial charge in [-0.15, -0.1) is 11.3 Å². The fourth-order valence-electron chi connectivity index (χ4n) is 2.77. The molecule has 1 atom stereocenters. The number of nitrogens with zero attached hydrogens (tertiary/aromatic N) is 2. The van der Waals surface area contributed by atoms with E-state index in [4.69, 9.17) is 4.74 Å². The third-order valence-corrected chi connectivity index (χ3v) is 5.53. The van der Waals surface area contributed by atoms with E-state index < -0.39 is 11.7 Å². The van der Waals surface area contributed by atoms with Crippen molar-refractivity contribution in [3.63, 3.8) is 0 Å². The lowest BCUT2D eigenvalue weighted by atomic mass is 10.1. The molecule has 29 heavy (non-hydrogen) atoms. The first-order chi connectivity index (χ1) is 13.6. The van der Waals surface area contributed by atoms with Crippen molar-refractivity contribution in [2.24, 2.45) is 0 Å². The Morgan fingerprint density at radius 1 is 1.14 bits per heavy atom. The Kier molecular flexibility index (Phi) is 5.88. The summed E-state index contributed by atoms with van der Waals surface area (Å²) in [6.07, 6.45) is -0.557. The fourth-order valence-corrected chi connectivity index (χ4v) is 3.83. The number of rotatable bonds is 4. The van der Waals surface area contributed by atoms with Gasteiger partial charge in [0, 0.05) is 18.3 Å². The number of amides is 2. The van der Waals surface area contributed by atoms with Crippen molar-refractivity contribution in [2.75, 3.05) is 12.4 Å². The van der Waals surface area contributed by atoms with E-state index in [-0.39, 0.29) is 11.9 Å². The molecule has 3 rings (SSSR count). The van der Waals surface area contributed by atoms with Crippen molar-refractivity contribution in [1.29, 1.82) is 0 Å². The number of para-hydroxylation sites is 1. The lowest BCUT2D eigenvalue weighted by Crippen LogP contribution is -2.30. The molecule has 6 nitrogen and oxygen atoms in total. The third-order valence-electron chi connectivity index (χ3n) is 4.32. The number of hydrogen-bond acceptors (Lipinski definition) is 5. The molecular weight excluding hydrogens is 386 g/mol.